The summed E-state index contributed by atoms with van der Waals surface area (Å²) in [5, 5.41) is 17.8. The van der Waals surface area contributed by atoms with Gasteiger partial charge in [-0.3, -0.25) is 0 Å². The van der Waals surface area contributed by atoms with Gasteiger partial charge in [-0.25, -0.2) is 9.07 Å². The number of aromatic nitrogens is 2. The third-order valence-electron chi connectivity index (χ3n) is 6.99. The van der Waals surface area contributed by atoms with Crippen molar-refractivity contribution >= 4 is 45.6 Å². The molecule has 4 aromatic rings. The van der Waals surface area contributed by atoms with Crippen molar-refractivity contribution in [2.45, 2.75) is 38.8 Å². The van der Waals surface area contributed by atoms with Crippen molar-refractivity contribution in [3.8, 4) is 0 Å². The lowest BCUT2D eigenvalue weighted by atomic mass is 9.87. The van der Waals surface area contributed by atoms with E-state index in [9.17, 15) is 4.39 Å². The maximum atomic E-state index is 13.9. The van der Waals surface area contributed by atoms with Crippen LogP contribution in [0.15, 0.2) is 78.1 Å². The monoisotopic (exact) mass is 544 g/mol. The molecule has 0 amide bonds. The summed E-state index contributed by atoms with van der Waals surface area (Å²) in [6, 6.07) is 18.8. The van der Waals surface area contributed by atoms with Crippen LogP contribution in [0.25, 0.3) is 28.1 Å². The first-order valence-electron chi connectivity index (χ1n) is 13.0. The fourth-order valence-electron chi connectivity index (χ4n) is 5.08. The van der Waals surface area contributed by atoms with Gasteiger partial charge in [0, 0.05) is 12.0 Å². The van der Waals surface area contributed by atoms with E-state index in [1.54, 1.807) is 12.1 Å². The van der Waals surface area contributed by atoms with E-state index < -0.39 is 0 Å². The summed E-state index contributed by atoms with van der Waals surface area (Å²) < 4.78 is 21.9. The van der Waals surface area contributed by atoms with Crippen LogP contribution in [0.1, 0.15) is 61.1 Å². The lowest BCUT2D eigenvalue weighted by molar-refractivity contribution is -0.0366. The normalized spacial score (nSPS) is 17.1. The van der Waals surface area contributed by atoms with Crippen molar-refractivity contribution < 1.29 is 14.3 Å². The van der Waals surface area contributed by atoms with Crippen LogP contribution in [0.5, 0.6) is 0 Å². The van der Waals surface area contributed by atoms with Gasteiger partial charge in [-0.1, -0.05) is 66.2 Å². The first kappa shape index (κ1) is 26.7. The topological polar surface area (TPSA) is 85.7 Å². The highest BCUT2D eigenvalue weighted by Crippen LogP contribution is 2.39. The van der Waals surface area contributed by atoms with Crippen LogP contribution in [0.2, 0.25) is 5.02 Å². The summed E-state index contributed by atoms with van der Waals surface area (Å²) in [5.74, 6) is -0.354. The number of rotatable bonds is 7. The minimum absolute atomic E-state index is 0.0198. The summed E-state index contributed by atoms with van der Waals surface area (Å²) >= 11 is 6.56. The van der Waals surface area contributed by atoms with Gasteiger partial charge >= 0.3 is 0 Å². The van der Waals surface area contributed by atoms with Crippen LogP contribution in [0.3, 0.4) is 0 Å². The highest BCUT2D eigenvalue weighted by Gasteiger charge is 2.20. The van der Waals surface area contributed by atoms with Crippen LogP contribution < -0.4 is 5.73 Å². The number of ether oxygens (including phenoxy) is 1. The fraction of sp³-hybridized carbons (Fsp3) is 0.226. The Balaban J connectivity index is 1.64. The molecular weight excluding hydrogens is 515 g/mol. The molecule has 3 N–H and O–H groups in total. The quantitative estimate of drug-likeness (QED) is 0.0822. The molecule has 8 heteroatoms. The van der Waals surface area contributed by atoms with Crippen molar-refractivity contribution in [3.05, 3.63) is 106 Å². The van der Waals surface area contributed by atoms with E-state index in [2.05, 4.69) is 35.4 Å². The molecule has 0 aliphatic carbocycles. The number of hydrogen-bond acceptors (Lipinski definition) is 4. The van der Waals surface area contributed by atoms with E-state index in [-0.39, 0.29) is 17.9 Å². The van der Waals surface area contributed by atoms with Crippen molar-refractivity contribution in [1.82, 2.24) is 9.78 Å². The average molecular weight is 545 g/mol. The molecule has 1 unspecified atom stereocenters. The van der Waals surface area contributed by atoms with Gasteiger partial charge in [-0.2, -0.15) is 5.10 Å². The standard InChI is InChI=1S/C31H30ClFN4O2/c1-2-25(26-13-12-24(33)18-27(26)32)31(21-9-6-20(7-10-21)8-15-29(34)36-38)22-11-14-28-23(17-22)19-35-37(28)30-5-3-4-16-39-30/h6-15,17-19,30,38H,2-5,16H2,1H3,(H2,34,36)/b15-8+,31-25+. The summed E-state index contributed by atoms with van der Waals surface area (Å²) in [4.78, 5) is 0. The Labute approximate surface area is 231 Å². The fourth-order valence-corrected chi connectivity index (χ4v) is 5.36. The minimum Gasteiger partial charge on any atom is -0.409 e. The van der Waals surface area contributed by atoms with Crippen molar-refractivity contribution in [2.24, 2.45) is 10.9 Å². The highest BCUT2D eigenvalue weighted by molar-refractivity contribution is 6.32. The zero-order valence-corrected chi connectivity index (χ0v) is 22.4. The molecule has 0 radical (unpaired) electrons. The molecule has 2 heterocycles. The van der Waals surface area contributed by atoms with Gasteiger partial charge in [0.15, 0.2) is 12.1 Å². The smallest absolute Gasteiger partial charge is 0.162 e. The molecule has 5 rings (SSSR count). The largest absolute Gasteiger partial charge is 0.409 e. The molecule has 1 fully saturated rings. The molecule has 1 saturated heterocycles. The molecule has 1 aliphatic heterocycles. The van der Waals surface area contributed by atoms with Crippen LogP contribution in [-0.4, -0.2) is 27.4 Å². The number of nitrogens with zero attached hydrogens (tertiary/aromatic N) is 3. The summed E-state index contributed by atoms with van der Waals surface area (Å²) in [6.07, 6.45) is 8.97. The average Bonchev–Trinajstić information content (AvgIpc) is 3.39. The van der Waals surface area contributed by atoms with Crippen LogP contribution in [0, 0.1) is 5.82 Å². The van der Waals surface area contributed by atoms with E-state index in [1.165, 1.54) is 18.2 Å². The molecule has 1 atom stereocenters. The molecule has 1 aromatic heterocycles. The van der Waals surface area contributed by atoms with Crippen molar-refractivity contribution in [2.75, 3.05) is 6.61 Å². The van der Waals surface area contributed by atoms with E-state index in [1.807, 2.05) is 35.1 Å². The number of hydrogen-bond donors (Lipinski definition) is 2. The van der Waals surface area contributed by atoms with Gasteiger partial charge < -0.3 is 15.7 Å². The Bertz CT molecular complexity index is 1570. The molecule has 1 aliphatic rings. The van der Waals surface area contributed by atoms with E-state index in [4.69, 9.17) is 27.3 Å². The van der Waals surface area contributed by atoms with Gasteiger partial charge in [0.05, 0.1) is 16.7 Å². The number of allylic oxidation sites excluding steroid dienone is 1. The zero-order valence-electron chi connectivity index (χ0n) is 21.6. The van der Waals surface area contributed by atoms with Gasteiger partial charge in [0.2, 0.25) is 0 Å². The molecule has 39 heavy (non-hydrogen) atoms. The number of amidine groups is 1. The lowest BCUT2D eigenvalue weighted by Crippen LogP contribution is -2.18. The molecule has 0 bridgehead atoms. The van der Waals surface area contributed by atoms with E-state index in [0.29, 0.717) is 11.4 Å². The van der Waals surface area contributed by atoms with E-state index >= 15 is 0 Å². The molecule has 3 aromatic carbocycles. The van der Waals surface area contributed by atoms with Gasteiger partial charge in [-0.05, 0) is 89.4 Å². The van der Waals surface area contributed by atoms with Crippen LogP contribution >= 0.6 is 11.6 Å². The third-order valence-corrected chi connectivity index (χ3v) is 7.30. The Hall–Kier alpha value is -3.94. The molecule has 0 saturated carbocycles. The minimum atomic E-state index is -0.374. The number of nitrogens with two attached hydrogens (primary N) is 1. The Morgan fingerprint density at radius 2 is 1.95 bits per heavy atom. The number of oxime groups is 1. The number of halogens is 2. The highest BCUT2D eigenvalue weighted by atomic mass is 35.5. The zero-order chi connectivity index (χ0) is 27.4. The van der Waals surface area contributed by atoms with Gasteiger partial charge in [0.1, 0.15) is 5.82 Å². The SMILES string of the molecule is CC/C(=C(/c1ccc(/C=C/C(N)=N/O)cc1)c1ccc2c(cnn2C2CCCCO2)c1)c1ccc(F)cc1Cl. The Kier molecular flexibility index (Phi) is 8.10. The second kappa shape index (κ2) is 11.8. The predicted octanol–water partition coefficient (Wildman–Crippen LogP) is 7.66. The maximum Gasteiger partial charge on any atom is 0.162 e. The summed E-state index contributed by atoms with van der Waals surface area (Å²) in [7, 11) is 0. The molecule has 0 spiro atoms. The summed E-state index contributed by atoms with van der Waals surface area (Å²) in [5.41, 5.74) is 12.3. The van der Waals surface area contributed by atoms with Crippen LogP contribution in [-0.2, 0) is 4.74 Å². The predicted molar refractivity (Wildman–Crippen MR) is 155 cm³/mol. The lowest BCUT2D eigenvalue weighted by Gasteiger charge is -2.23. The maximum absolute atomic E-state index is 13.9. The molecule has 6 nitrogen and oxygen atoms in total. The Morgan fingerprint density at radius 1 is 1.15 bits per heavy atom. The van der Waals surface area contributed by atoms with Gasteiger partial charge in [0.25, 0.3) is 0 Å². The second-order valence-corrected chi connectivity index (χ2v) is 9.90. The third kappa shape index (κ3) is 5.75. The summed E-state index contributed by atoms with van der Waals surface area (Å²) in [6.45, 7) is 2.82. The first-order valence-corrected chi connectivity index (χ1v) is 13.4. The number of fused-ring (bicyclic) bond motifs is 1. The second-order valence-electron chi connectivity index (χ2n) is 9.50. The van der Waals surface area contributed by atoms with E-state index in [0.717, 1.165) is 70.2 Å². The van der Waals surface area contributed by atoms with Crippen molar-refractivity contribution in [1.29, 1.82) is 0 Å². The number of benzene rings is 3. The van der Waals surface area contributed by atoms with Crippen molar-refractivity contribution in [3.63, 3.8) is 0 Å². The Morgan fingerprint density at radius 3 is 2.64 bits per heavy atom. The molecular formula is C31H30ClFN4O2. The molecule has 200 valence electrons. The van der Waals surface area contributed by atoms with Gasteiger partial charge in [-0.15, -0.1) is 0 Å². The first-order chi connectivity index (χ1) is 19.0. The van der Waals surface area contributed by atoms with Crippen LogP contribution in [0.4, 0.5) is 4.39 Å².